The van der Waals surface area contributed by atoms with Crippen molar-refractivity contribution in [2.45, 2.75) is 12.0 Å². The van der Waals surface area contributed by atoms with Crippen LogP contribution in [-0.4, -0.2) is 20.4 Å². The number of hydrogen-bond acceptors (Lipinski definition) is 4. The van der Waals surface area contributed by atoms with Crippen molar-refractivity contribution in [3.05, 3.63) is 71.8 Å². The minimum Gasteiger partial charge on any atom is -0.454 e. The Morgan fingerprint density at radius 1 is 0.920 bits per heavy atom. The Morgan fingerprint density at radius 2 is 1.68 bits per heavy atom. The zero-order valence-electron chi connectivity index (χ0n) is 14.1. The van der Waals surface area contributed by atoms with Crippen molar-refractivity contribution in [2.75, 3.05) is 20.4 Å². The summed E-state index contributed by atoms with van der Waals surface area (Å²) in [6.45, 7) is 0.757. The quantitative estimate of drug-likeness (QED) is 0.766. The average Bonchev–Trinajstić information content (AvgIpc) is 3.13. The van der Waals surface area contributed by atoms with Crippen molar-refractivity contribution < 1.29 is 14.2 Å². The van der Waals surface area contributed by atoms with E-state index in [0.717, 1.165) is 17.1 Å². The molecule has 1 aliphatic rings. The van der Waals surface area contributed by atoms with Crippen LogP contribution in [0.1, 0.15) is 23.1 Å². The number of rotatable bonds is 5. The molecule has 4 heteroatoms. The van der Waals surface area contributed by atoms with Crippen LogP contribution < -0.4 is 15.2 Å². The molecule has 3 aromatic rings. The Bertz CT molecular complexity index is 893. The third-order valence-corrected chi connectivity index (χ3v) is 4.80. The molecule has 2 atom stereocenters. The Kier molecular flexibility index (Phi) is 4.30. The molecule has 0 aromatic heterocycles. The highest BCUT2D eigenvalue weighted by atomic mass is 16.7. The monoisotopic (exact) mass is 335 g/mol. The standard InChI is InChI=1S/C21H21NO3/c1-23-21(17-8-9-19-20(11-17)25-13-24-19)18(12-22)16-7-6-14-4-2-3-5-15(14)10-16/h2-11,18,21H,12-13,22H2,1H3. The van der Waals surface area contributed by atoms with Gasteiger partial charge in [-0.3, -0.25) is 0 Å². The minimum atomic E-state index is -0.152. The molecule has 0 amide bonds. The molecular weight excluding hydrogens is 314 g/mol. The summed E-state index contributed by atoms with van der Waals surface area (Å²) in [6, 6.07) is 20.7. The van der Waals surface area contributed by atoms with Crippen LogP contribution in [0.15, 0.2) is 60.7 Å². The first-order valence-electron chi connectivity index (χ1n) is 8.41. The summed E-state index contributed by atoms with van der Waals surface area (Å²) >= 11 is 0. The van der Waals surface area contributed by atoms with Gasteiger partial charge in [0.25, 0.3) is 0 Å². The van der Waals surface area contributed by atoms with Crippen molar-refractivity contribution in [1.29, 1.82) is 0 Å². The SMILES string of the molecule is COC(c1ccc2c(c1)OCO2)C(CN)c1ccc2ccccc2c1. The first kappa shape index (κ1) is 15.9. The summed E-state index contributed by atoms with van der Waals surface area (Å²) in [6.07, 6.45) is -0.152. The highest BCUT2D eigenvalue weighted by molar-refractivity contribution is 5.83. The third kappa shape index (κ3) is 2.95. The van der Waals surface area contributed by atoms with E-state index in [-0.39, 0.29) is 18.8 Å². The number of fused-ring (bicyclic) bond motifs is 2. The molecule has 4 rings (SSSR count). The third-order valence-electron chi connectivity index (χ3n) is 4.80. The summed E-state index contributed by atoms with van der Waals surface area (Å²) in [7, 11) is 1.72. The molecule has 4 nitrogen and oxygen atoms in total. The van der Waals surface area contributed by atoms with Crippen LogP contribution in [-0.2, 0) is 4.74 Å². The lowest BCUT2D eigenvalue weighted by molar-refractivity contribution is 0.0806. The van der Waals surface area contributed by atoms with E-state index < -0.39 is 0 Å². The Hall–Kier alpha value is -2.56. The van der Waals surface area contributed by atoms with Crippen LogP contribution >= 0.6 is 0 Å². The van der Waals surface area contributed by atoms with Crippen LogP contribution in [0.25, 0.3) is 10.8 Å². The lowest BCUT2D eigenvalue weighted by Gasteiger charge is -2.26. The van der Waals surface area contributed by atoms with Crippen LogP contribution in [0.3, 0.4) is 0 Å². The fourth-order valence-corrected chi connectivity index (χ4v) is 3.50. The second-order valence-electron chi connectivity index (χ2n) is 6.22. The maximum Gasteiger partial charge on any atom is 0.231 e. The van der Waals surface area contributed by atoms with E-state index in [1.54, 1.807) is 7.11 Å². The van der Waals surface area contributed by atoms with Crippen LogP contribution in [0.2, 0.25) is 0 Å². The largest absolute Gasteiger partial charge is 0.454 e. The Balaban J connectivity index is 1.71. The second-order valence-corrected chi connectivity index (χ2v) is 6.22. The first-order chi connectivity index (χ1) is 12.3. The maximum absolute atomic E-state index is 6.14. The summed E-state index contributed by atoms with van der Waals surface area (Å²) in [5, 5.41) is 2.43. The van der Waals surface area contributed by atoms with Crippen LogP contribution in [0, 0.1) is 0 Å². The number of methoxy groups -OCH3 is 1. The van der Waals surface area contributed by atoms with E-state index in [1.807, 2.05) is 24.3 Å². The summed E-state index contributed by atoms with van der Waals surface area (Å²) in [5.41, 5.74) is 8.35. The predicted octanol–water partition coefficient (Wildman–Crippen LogP) is 4.00. The fourth-order valence-electron chi connectivity index (χ4n) is 3.50. The molecule has 0 saturated heterocycles. The average molecular weight is 335 g/mol. The van der Waals surface area contributed by atoms with Gasteiger partial charge < -0.3 is 19.9 Å². The van der Waals surface area contributed by atoms with Gasteiger partial charge in [0, 0.05) is 19.6 Å². The van der Waals surface area contributed by atoms with Gasteiger partial charge in [0.1, 0.15) is 0 Å². The molecule has 0 fully saturated rings. The minimum absolute atomic E-state index is 0.0509. The van der Waals surface area contributed by atoms with Gasteiger partial charge in [0.15, 0.2) is 11.5 Å². The van der Waals surface area contributed by atoms with Crippen LogP contribution in [0.5, 0.6) is 11.5 Å². The Morgan fingerprint density at radius 3 is 2.48 bits per heavy atom. The molecule has 0 saturated carbocycles. The lowest BCUT2D eigenvalue weighted by Crippen LogP contribution is -2.21. The van der Waals surface area contributed by atoms with E-state index in [4.69, 9.17) is 19.9 Å². The van der Waals surface area contributed by atoms with Crippen molar-refractivity contribution in [2.24, 2.45) is 5.73 Å². The molecule has 0 aliphatic carbocycles. The molecular formula is C21H21NO3. The van der Waals surface area contributed by atoms with Crippen molar-refractivity contribution >= 4 is 10.8 Å². The molecule has 128 valence electrons. The smallest absolute Gasteiger partial charge is 0.231 e. The van der Waals surface area contributed by atoms with Gasteiger partial charge in [0.05, 0.1) is 6.10 Å². The van der Waals surface area contributed by atoms with Gasteiger partial charge in [0.2, 0.25) is 6.79 Å². The molecule has 1 heterocycles. The molecule has 0 spiro atoms. The fraction of sp³-hybridized carbons (Fsp3) is 0.238. The molecule has 2 N–H and O–H groups in total. The highest BCUT2D eigenvalue weighted by Gasteiger charge is 2.26. The van der Waals surface area contributed by atoms with Crippen molar-refractivity contribution in [3.63, 3.8) is 0 Å². The summed E-state index contributed by atoms with van der Waals surface area (Å²) < 4.78 is 16.7. The number of benzene rings is 3. The maximum atomic E-state index is 6.14. The predicted molar refractivity (Wildman–Crippen MR) is 98.1 cm³/mol. The Labute approximate surface area is 147 Å². The number of ether oxygens (including phenoxy) is 3. The van der Waals surface area contributed by atoms with Gasteiger partial charge in [-0.05, 0) is 34.0 Å². The number of nitrogens with two attached hydrogens (primary N) is 1. The van der Waals surface area contributed by atoms with Gasteiger partial charge >= 0.3 is 0 Å². The van der Waals surface area contributed by atoms with Crippen LogP contribution in [0.4, 0.5) is 0 Å². The summed E-state index contributed by atoms with van der Waals surface area (Å²) in [5.74, 6) is 1.58. The zero-order valence-corrected chi connectivity index (χ0v) is 14.1. The zero-order chi connectivity index (χ0) is 17.2. The van der Waals surface area contributed by atoms with E-state index in [9.17, 15) is 0 Å². The van der Waals surface area contributed by atoms with E-state index in [2.05, 4.69) is 36.4 Å². The molecule has 3 aromatic carbocycles. The van der Waals surface area contributed by atoms with Gasteiger partial charge in [-0.25, -0.2) is 0 Å². The van der Waals surface area contributed by atoms with Crippen molar-refractivity contribution in [3.8, 4) is 11.5 Å². The summed E-state index contributed by atoms with van der Waals surface area (Å²) in [4.78, 5) is 0. The number of hydrogen-bond donors (Lipinski definition) is 1. The lowest BCUT2D eigenvalue weighted by atomic mass is 9.87. The van der Waals surface area contributed by atoms with Crippen molar-refractivity contribution in [1.82, 2.24) is 0 Å². The van der Waals surface area contributed by atoms with E-state index in [1.165, 1.54) is 16.3 Å². The molecule has 0 bridgehead atoms. The van der Waals surface area contributed by atoms with Gasteiger partial charge in [-0.2, -0.15) is 0 Å². The highest BCUT2D eigenvalue weighted by Crippen LogP contribution is 2.39. The van der Waals surface area contributed by atoms with E-state index in [0.29, 0.717) is 6.54 Å². The molecule has 1 aliphatic heterocycles. The van der Waals surface area contributed by atoms with Gasteiger partial charge in [-0.15, -0.1) is 0 Å². The molecule has 25 heavy (non-hydrogen) atoms. The molecule has 0 radical (unpaired) electrons. The van der Waals surface area contributed by atoms with E-state index >= 15 is 0 Å². The first-order valence-corrected chi connectivity index (χ1v) is 8.41. The second kappa shape index (κ2) is 6.75. The normalized spacial score (nSPS) is 15.3. The van der Waals surface area contributed by atoms with Gasteiger partial charge in [-0.1, -0.05) is 48.5 Å². The topological polar surface area (TPSA) is 53.7 Å². The molecule has 2 unspecified atom stereocenters.